The first-order valence-corrected chi connectivity index (χ1v) is 10.7. The van der Waals surface area contributed by atoms with Gasteiger partial charge in [0.2, 0.25) is 0 Å². The summed E-state index contributed by atoms with van der Waals surface area (Å²) in [5.41, 5.74) is 4.34. The van der Waals surface area contributed by atoms with Crippen molar-refractivity contribution in [3.05, 3.63) is 65.7 Å². The molecule has 0 aliphatic heterocycles. The van der Waals surface area contributed by atoms with Gasteiger partial charge in [0.25, 0.3) is 0 Å². The second-order valence-corrected chi connectivity index (χ2v) is 8.96. The number of H-pyrrole nitrogens is 2. The second kappa shape index (κ2) is 8.85. The fraction of sp³-hybridized carbons (Fsp3) is 0.304. The van der Waals surface area contributed by atoms with Gasteiger partial charge in [-0.15, -0.1) is 5.10 Å². The molecule has 1 unspecified atom stereocenters. The monoisotopic (exact) mass is 431 g/mol. The van der Waals surface area contributed by atoms with Crippen molar-refractivity contribution in [2.45, 2.75) is 39.5 Å². The van der Waals surface area contributed by atoms with Crippen LogP contribution in [0.15, 0.2) is 48.5 Å². The molecule has 2 aromatic heterocycles. The van der Waals surface area contributed by atoms with Crippen LogP contribution in [0.25, 0.3) is 22.5 Å². The number of nitrogens with zero attached hydrogens (tertiary/aromatic N) is 5. The topological polar surface area (TPSA) is 96.0 Å². The van der Waals surface area contributed by atoms with Crippen LogP contribution in [0.5, 0.6) is 0 Å². The van der Waals surface area contributed by atoms with Crippen LogP contribution in [0.4, 0.5) is 0 Å². The maximum Gasteiger partial charge on any atom is 0.180 e. The van der Waals surface area contributed by atoms with E-state index in [1.807, 2.05) is 18.2 Å². The molecule has 0 amide bonds. The highest BCUT2D eigenvalue weighted by molar-refractivity contribution is 7.78. The molecule has 31 heavy (non-hydrogen) atoms. The quantitative estimate of drug-likeness (QED) is 0.410. The summed E-state index contributed by atoms with van der Waals surface area (Å²) < 4.78 is 0. The predicted molar refractivity (Wildman–Crippen MR) is 125 cm³/mol. The summed E-state index contributed by atoms with van der Waals surface area (Å²) in [7, 11) is 0. The lowest BCUT2D eigenvalue weighted by atomic mass is 9.78. The first-order valence-electron chi connectivity index (χ1n) is 10.2. The predicted octanol–water partition coefficient (Wildman–Crippen LogP) is 4.76. The van der Waals surface area contributed by atoms with Gasteiger partial charge < -0.3 is 0 Å². The fourth-order valence-corrected chi connectivity index (χ4v) is 3.89. The van der Waals surface area contributed by atoms with Gasteiger partial charge in [0, 0.05) is 17.9 Å². The number of nitrogens with one attached hydrogen (secondary N) is 2. The van der Waals surface area contributed by atoms with Crippen LogP contribution < -0.4 is 0 Å². The number of hydrogen-bond acceptors (Lipinski definition) is 6. The van der Waals surface area contributed by atoms with E-state index in [0.29, 0.717) is 12.2 Å². The summed E-state index contributed by atoms with van der Waals surface area (Å²) in [5.74, 6) is 2.53. The number of benzene rings is 2. The maximum atomic E-state index is 5.09. The van der Waals surface area contributed by atoms with E-state index in [-0.39, 0.29) is 11.3 Å². The van der Waals surface area contributed by atoms with E-state index < -0.39 is 0 Å². The Bertz CT molecular complexity index is 1140. The number of aromatic amines is 2. The van der Waals surface area contributed by atoms with Gasteiger partial charge in [-0.2, -0.15) is 5.10 Å². The number of aromatic nitrogens is 7. The smallest absolute Gasteiger partial charge is 0.180 e. The van der Waals surface area contributed by atoms with Crippen molar-refractivity contribution in [2.24, 2.45) is 5.41 Å². The Morgan fingerprint density at radius 2 is 1.74 bits per heavy atom. The molecule has 4 aromatic rings. The minimum absolute atomic E-state index is 0.0445. The molecule has 1 atom stereocenters. The average Bonchev–Trinajstić information content (AvgIpc) is 3.44. The minimum Gasteiger partial charge on any atom is -0.263 e. The van der Waals surface area contributed by atoms with Crippen LogP contribution in [-0.2, 0) is 6.42 Å². The fourth-order valence-electron chi connectivity index (χ4n) is 3.70. The summed E-state index contributed by atoms with van der Waals surface area (Å²) in [4.78, 5) is 4.76. The number of rotatable bonds is 7. The molecule has 0 bridgehead atoms. The van der Waals surface area contributed by atoms with Crippen molar-refractivity contribution in [1.82, 2.24) is 35.8 Å². The zero-order valence-electron chi connectivity index (χ0n) is 17.8. The van der Waals surface area contributed by atoms with Gasteiger partial charge in [-0.25, -0.2) is 10.1 Å². The van der Waals surface area contributed by atoms with Crippen LogP contribution in [0.3, 0.4) is 0 Å². The van der Waals surface area contributed by atoms with Gasteiger partial charge in [0.15, 0.2) is 11.6 Å². The van der Waals surface area contributed by atoms with Crippen LogP contribution in [0.1, 0.15) is 50.3 Å². The lowest BCUT2D eigenvalue weighted by molar-refractivity contribution is 0.317. The molecule has 0 saturated carbocycles. The molecular formula is C23H25N7S. The number of hydrogen-bond donors (Lipinski definition) is 2. The van der Waals surface area contributed by atoms with Crippen molar-refractivity contribution in [3.63, 3.8) is 0 Å². The first-order chi connectivity index (χ1) is 15.0. The Hall–Kier alpha value is -3.26. The molecule has 0 fully saturated rings. The van der Waals surface area contributed by atoms with Gasteiger partial charge in [-0.05, 0) is 44.3 Å². The lowest BCUT2D eigenvalue weighted by Gasteiger charge is -2.27. The van der Waals surface area contributed by atoms with Crippen molar-refractivity contribution < 1.29 is 0 Å². The third-order valence-corrected chi connectivity index (χ3v) is 5.59. The van der Waals surface area contributed by atoms with Gasteiger partial charge in [0.05, 0.1) is 0 Å². The Morgan fingerprint density at radius 3 is 2.39 bits per heavy atom. The highest BCUT2D eigenvalue weighted by atomic mass is 32.1. The summed E-state index contributed by atoms with van der Waals surface area (Å²) in [6.07, 6.45) is 1.47. The molecule has 2 aromatic carbocycles. The molecule has 4 rings (SSSR count). The maximum absolute atomic E-state index is 5.09. The Morgan fingerprint density at radius 1 is 1.00 bits per heavy atom. The van der Waals surface area contributed by atoms with E-state index in [1.165, 1.54) is 0 Å². The van der Waals surface area contributed by atoms with E-state index in [1.54, 1.807) is 5.37 Å². The van der Waals surface area contributed by atoms with Crippen LogP contribution in [0.2, 0.25) is 0 Å². The molecule has 0 saturated heterocycles. The molecular weight excluding hydrogens is 406 g/mol. The second-order valence-electron chi connectivity index (χ2n) is 8.63. The summed E-state index contributed by atoms with van der Waals surface area (Å²) in [5, 5.41) is 23.6. The highest BCUT2D eigenvalue weighted by Crippen LogP contribution is 2.35. The molecule has 0 spiro atoms. The zero-order valence-corrected chi connectivity index (χ0v) is 18.6. The number of tetrazole rings is 1. The van der Waals surface area contributed by atoms with Gasteiger partial charge in [-0.3, -0.25) is 5.10 Å². The zero-order chi connectivity index (χ0) is 21.8. The molecule has 0 radical (unpaired) electrons. The minimum atomic E-state index is 0.0445. The molecule has 7 nitrogen and oxygen atoms in total. The standard InChI is InChI=1S/C23H25N7S/c1-23(2,3)19(12-13-31)22-24-20(25-26-22)14-15-8-10-16(11-9-15)17-6-4-5-7-18(17)21-27-29-30-28-21/h4-11,13,19H,12,14H2,1-3H3,(H,24,25,26)(H,27,28,29,30). The first kappa shape index (κ1) is 21.0. The number of thiocarbonyl (C=S) groups is 1. The highest BCUT2D eigenvalue weighted by Gasteiger charge is 2.28. The van der Waals surface area contributed by atoms with Gasteiger partial charge in [-0.1, -0.05) is 81.5 Å². The van der Waals surface area contributed by atoms with Crippen molar-refractivity contribution in [3.8, 4) is 22.5 Å². The normalized spacial score (nSPS) is 12.6. The third kappa shape index (κ3) is 4.74. The van der Waals surface area contributed by atoms with Crippen molar-refractivity contribution in [2.75, 3.05) is 0 Å². The van der Waals surface area contributed by atoms with Crippen molar-refractivity contribution >= 4 is 17.6 Å². The summed E-state index contributed by atoms with van der Waals surface area (Å²) in [6.45, 7) is 6.58. The molecule has 2 N–H and O–H groups in total. The largest absolute Gasteiger partial charge is 0.263 e. The van der Waals surface area contributed by atoms with Crippen LogP contribution >= 0.6 is 12.2 Å². The Kier molecular flexibility index (Phi) is 5.99. The molecule has 158 valence electrons. The third-order valence-electron chi connectivity index (χ3n) is 5.40. The Balaban J connectivity index is 1.53. The molecule has 2 heterocycles. The lowest BCUT2D eigenvalue weighted by Crippen LogP contribution is -2.20. The van der Waals surface area contributed by atoms with E-state index in [0.717, 1.165) is 40.3 Å². The molecule has 0 aliphatic carbocycles. The SMILES string of the molecule is CC(C)(C)C(CC=S)c1n[nH]c(Cc2ccc(-c3ccccc3-c3nnn[nH]3)cc2)n1. The Labute approximate surface area is 186 Å². The van der Waals surface area contributed by atoms with Gasteiger partial charge in [0.1, 0.15) is 5.82 Å². The average molecular weight is 432 g/mol. The van der Waals surface area contributed by atoms with E-state index >= 15 is 0 Å². The summed E-state index contributed by atoms with van der Waals surface area (Å²) in [6, 6.07) is 16.5. The van der Waals surface area contributed by atoms with Crippen molar-refractivity contribution in [1.29, 1.82) is 0 Å². The van der Waals surface area contributed by atoms with Crippen LogP contribution in [0, 0.1) is 5.41 Å². The molecule has 0 aliphatic rings. The van der Waals surface area contributed by atoms with E-state index in [2.05, 4.69) is 81.9 Å². The molecule has 8 heteroatoms. The summed E-state index contributed by atoms with van der Waals surface area (Å²) >= 11 is 5.09. The van der Waals surface area contributed by atoms with E-state index in [9.17, 15) is 0 Å². The van der Waals surface area contributed by atoms with E-state index in [4.69, 9.17) is 17.2 Å². The van der Waals surface area contributed by atoms with Gasteiger partial charge >= 0.3 is 0 Å². The van der Waals surface area contributed by atoms with Crippen LogP contribution in [-0.4, -0.2) is 41.2 Å².